The quantitative estimate of drug-likeness (QED) is 0.102. The Morgan fingerprint density at radius 2 is 1.55 bits per heavy atom. The van der Waals surface area contributed by atoms with E-state index in [1.807, 2.05) is 13.0 Å². The first-order valence-electron chi connectivity index (χ1n) is 21.7. The third-order valence-electron chi connectivity index (χ3n) is 14.9. The third kappa shape index (κ3) is 7.46. The van der Waals surface area contributed by atoms with Gasteiger partial charge in [-0.05, 0) is 44.4 Å². The number of ether oxygens (including phenoxy) is 9. The van der Waals surface area contributed by atoms with Crippen molar-refractivity contribution >= 4 is 23.7 Å². The standard InChI is InChI=1S/C43H60O19/c1-16-14-55-43(39(53)34(16)57-18(3)45)26(13-44)30-24-9-10-25-23(29(24)32(51)36(30)62-43)8-7-21-11-22(48)12-28(42(21,25)6)60-40-37(31(50)27(49)15-54-40)61-41-38(59-20(5)47)33(52)35(17(2)56-41)58-19(4)46/h7,16-17,22-23,25-28,30-31,33-41,44,48-50,52-53H,8-15H2,1-6H3/t16-,17-,22+,23+,25-,26-,27-,28+,30-,31-,33+,34-,35-,36+,37+,38+,39-,40-,41-,42-,43-/m0/s1. The van der Waals surface area contributed by atoms with Gasteiger partial charge in [-0.15, -0.1) is 0 Å². The van der Waals surface area contributed by atoms with E-state index < -0.39 is 133 Å². The lowest BCUT2D eigenvalue weighted by atomic mass is 9.51. The maximum Gasteiger partial charge on any atom is 0.303 e. The van der Waals surface area contributed by atoms with Gasteiger partial charge in [0.2, 0.25) is 5.79 Å². The number of aliphatic hydroxyl groups is 6. The molecule has 62 heavy (non-hydrogen) atoms. The number of rotatable bonds is 8. The molecule has 4 heterocycles. The normalized spacial score (nSPS) is 48.7. The van der Waals surface area contributed by atoms with Crippen LogP contribution in [0.4, 0.5) is 0 Å². The van der Waals surface area contributed by atoms with Gasteiger partial charge in [0.05, 0.1) is 38.1 Å². The molecule has 19 heteroatoms. The second-order valence-corrected chi connectivity index (χ2v) is 18.6. The van der Waals surface area contributed by atoms with E-state index >= 15 is 0 Å². The number of hydrogen-bond donors (Lipinski definition) is 6. The zero-order valence-corrected chi connectivity index (χ0v) is 35.7. The van der Waals surface area contributed by atoms with Crippen LogP contribution in [-0.2, 0) is 61.8 Å². The summed E-state index contributed by atoms with van der Waals surface area (Å²) in [6, 6.07) is 0. The van der Waals surface area contributed by atoms with Gasteiger partial charge in [-0.25, -0.2) is 0 Å². The Labute approximate surface area is 358 Å². The Balaban J connectivity index is 1.07. The second-order valence-electron chi connectivity index (χ2n) is 18.6. The Kier molecular flexibility index (Phi) is 12.6. The summed E-state index contributed by atoms with van der Waals surface area (Å²) in [6.45, 7) is 8.08. The maximum absolute atomic E-state index is 14.7. The molecular weight excluding hydrogens is 820 g/mol. The molecule has 0 bridgehead atoms. The van der Waals surface area contributed by atoms with Crippen LogP contribution in [0.3, 0.4) is 0 Å². The first-order valence-corrected chi connectivity index (χ1v) is 21.7. The lowest BCUT2D eigenvalue weighted by Crippen LogP contribution is -2.64. The van der Waals surface area contributed by atoms with Crippen LogP contribution in [0.5, 0.6) is 0 Å². The highest BCUT2D eigenvalue weighted by atomic mass is 16.8. The molecule has 8 rings (SSSR count). The molecule has 6 N–H and O–H groups in total. The van der Waals surface area contributed by atoms with Crippen molar-refractivity contribution in [2.45, 2.75) is 165 Å². The molecule has 19 nitrogen and oxygen atoms in total. The average Bonchev–Trinajstić information content (AvgIpc) is 3.68. The largest absolute Gasteiger partial charge is 0.459 e. The van der Waals surface area contributed by atoms with Crippen LogP contribution in [0.1, 0.15) is 73.6 Å². The van der Waals surface area contributed by atoms with Crippen LogP contribution in [0, 0.1) is 35.0 Å². The van der Waals surface area contributed by atoms with E-state index in [0.29, 0.717) is 31.3 Å². The summed E-state index contributed by atoms with van der Waals surface area (Å²) in [5.41, 5.74) is 1.58. The van der Waals surface area contributed by atoms with Gasteiger partial charge in [0.25, 0.3) is 0 Å². The average molecular weight is 881 g/mol. The number of ketones is 1. The van der Waals surface area contributed by atoms with Crippen LogP contribution in [0.15, 0.2) is 22.8 Å². The van der Waals surface area contributed by atoms with Gasteiger partial charge in [0, 0.05) is 55.9 Å². The lowest BCUT2D eigenvalue weighted by molar-refractivity contribution is -0.363. The van der Waals surface area contributed by atoms with Gasteiger partial charge in [0.15, 0.2) is 30.6 Å². The fourth-order valence-corrected chi connectivity index (χ4v) is 12.0. The number of carbonyl (C=O) groups excluding carboxylic acids is 4. The molecule has 0 aromatic rings. The van der Waals surface area contributed by atoms with Crippen molar-refractivity contribution in [3.05, 3.63) is 22.8 Å². The van der Waals surface area contributed by atoms with Crippen molar-refractivity contribution in [2.24, 2.45) is 35.0 Å². The Morgan fingerprint density at radius 1 is 0.871 bits per heavy atom. The summed E-state index contributed by atoms with van der Waals surface area (Å²) in [4.78, 5) is 50.7. The zero-order chi connectivity index (χ0) is 44.7. The predicted molar refractivity (Wildman–Crippen MR) is 206 cm³/mol. The molecule has 21 atom stereocenters. The van der Waals surface area contributed by atoms with Crippen LogP contribution in [-0.4, -0.2) is 166 Å². The first kappa shape index (κ1) is 45.6. The van der Waals surface area contributed by atoms with E-state index in [1.165, 1.54) is 13.8 Å². The molecule has 346 valence electrons. The van der Waals surface area contributed by atoms with E-state index in [0.717, 1.165) is 25.0 Å². The van der Waals surface area contributed by atoms with E-state index in [1.54, 1.807) is 6.92 Å². The number of carbonyl (C=O) groups is 4. The van der Waals surface area contributed by atoms with Gasteiger partial charge in [-0.3, -0.25) is 19.2 Å². The van der Waals surface area contributed by atoms with Crippen LogP contribution in [0.25, 0.3) is 0 Å². The van der Waals surface area contributed by atoms with Gasteiger partial charge < -0.3 is 73.3 Å². The first-order chi connectivity index (χ1) is 29.3. The maximum atomic E-state index is 14.7. The Bertz CT molecular complexity index is 1830. The molecule has 4 aliphatic heterocycles. The third-order valence-corrected chi connectivity index (χ3v) is 14.9. The highest BCUT2D eigenvalue weighted by molar-refractivity contribution is 6.04. The summed E-state index contributed by atoms with van der Waals surface area (Å²) < 4.78 is 53.7. The molecule has 5 fully saturated rings. The predicted octanol–water partition coefficient (Wildman–Crippen LogP) is -0.521. The number of Topliss-reactive ketones (excluding diaryl/α,β-unsaturated/α-hetero) is 1. The summed E-state index contributed by atoms with van der Waals surface area (Å²) in [5, 5.41) is 67.2. The molecule has 8 aliphatic rings. The molecule has 0 aromatic carbocycles. The Morgan fingerprint density at radius 3 is 2.23 bits per heavy atom. The summed E-state index contributed by atoms with van der Waals surface area (Å²) >= 11 is 0. The molecule has 0 amide bonds. The van der Waals surface area contributed by atoms with Crippen molar-refractivity contribution < 1.29 is 92.4 Å². The molecule has 0 radical (unpaired) electrons. The number of allylic oxidation sites excluding steroid dienone is 1. The zero-order valence-electron chi connectivity index (χ0n) is 35.7. The molecule has 0 unspecified atom stereocenters. The highest BCUT2D eigenvalue weighted by Crippen LogP contribution is 2.64. The summed E-state index contributed by atoms with van der Waals surface area (Å²) in [5.74, 6) is -6.44. The van der Waals surface area contributed by atoms with Gasteiger partial charge in [-0.2, -0.15) is 0 Å². The minimum atomic E-state index is -1.77. The minimum Gasteiger partial charge on any atom is -0.459 e. The van der Waals surface area contributed by atoms with Crippen molar-refractivity contribution in [2.75, 3.05) is 19.8 Å². The van der Waals surface area contributed by atoms with E-state index in [-0.39, 0.29) is 43.2 Å². The van der Waals surface area contributed by atoms with Crippen molar-refractivity contribution in [1.29, 1.82) is 0 Å². The number of hydrogen-bond acceptors (Lipinski definition) is 19. The monoisotopic (exact) mass is 880 g/mol. The van der Waals surface area contributed by atoms with Gasteiger partial charge in [-0.1, -0.05) is 31.1 Å². The van der Waals surface area contributed by atoms with Crippen molar-refractivity contribution in [3.8, 4) is 0 Å². The summed E-state index contributed by atoms with van der Waals surface area (Å²) in [6.07, 6.45) is -13.8. The number of aliphatic hydroxyl groups excluding tert-OH is 6. The fraction of sp³-hybridized carbons (Fsp3) is 0.814. The molecule has 1 spiro atoms. The molecular formula is C43H60O19. The Hall–Kier alpha value is -2.92. The van der Waals surface area contributed by atoms with Crippen molar-refractivity contribution in [3.63, 3.8) is 0 Å². The second kappa shape index (κ2) is 17.1. The van der Waals surface area contributed by atoms with Crippen LogP contribution >= 0.6 is 0 Å². The van der Waals surface area contributed by atoms with Crippen molar-refractivity contribution in [1.82, 2.24) is 0 Å². The van der Waals surface area contributed by atoms with E-state index in [9.17, 15) is 49.8 Å². The van der Waals surface area contributed by atoms with Crippen LogP contribution in [0.2, 0.25) is 0 Å². The molecule has 4 saturated heterocycles. The topological polar surface area (TPSA) is 273 Å². The molecule has 0 aromatic heterocycles. The SMILES string of the molecule is CC(=O)O[C@@H]1[C@@H](O)[C@@H](OC(C)=O)[C@H](O[C@H]2[C@H](O[C@@H]3C[C@H](O)CC4=CC[C@H]5C6=C(CC[C@@H]5[C@]43C)[C@@H]3[C@@H](O[C@@]4(OC[C@H](C)[C@H](OC(C)=O)[C@@H]4O)[C@H]3CO)C6=O)OC[C@H](O)[C@@H]2O)O[C@H]1C. The van der Waals surface area contributed by atoms with E-state index in [2.05, 4.69) is 0 Å². The smallest absolute Gasteiger partial charge is 0.303 e. The fourth-order valence-electron chi connectivity index (χ4n) is 12.0. The lowest BCUT2D eigenvalue weighted by Gasteiger charge is -2.56. The van der Waals surface area contributed by atoms with Gasteiger partial charge >= 0.3 is 17.9 Å². The molecule has 4 aliphatic carbocycles. The van der Waals surface area contributed by atoms with Crippen LogP contribution < -0.4 is 0 Å². The number of esters is 3. The minimum absolute atomic E-state index is 0.0690. The highest BCUT2D eigenvalue weighted by Gasteiger charge is 2.70. The number of fused-ring (bicyclic) bond motifs is 6. The van der Waals surface area contributed by atoms with E-state index in [4.69, 9.17) is 42.6 Å². The summed E-state index contributed by atoms with van der Waals surface area (Å²) in [7, 11) is 0. The molecule has 1 saturated carbocycles. The van der Waals surface area contributed by atoms with Gasteiger partial charge in [0.1, 0.15) is 42.7 Å².